The molecule has 0 spiro atoms. The Morgan fingerprint density at radius 2 is 2.00 bits per heavy atom. The van der Waals surface area contributed by atoms with Crippen LogP contribution in [0.4, 0.5) is 0 Å². The topological polar surface area (TPSA) is 55.4 Å². The number of carbonyl (C=O) groups is 2. The SMILES string of the molecule is Cc1ccc(C)c(SCC(=O)OCC(=O)N[C@H]2CCCC[C@H]2C)c1. The Labute approximate surface area is 148 Å². The number of benzene rings is 1. The van der Waals surface area contributed by atoms with Crippen LogP contribution in [0.2, 0.25) is 0 Å². The average Bonchev–Trinajstić information content (AvgIpc) is 2.56. The normalized spacial score (nSPS) is 20.5. The van der Waals surface area contributed by atoms with Gasteiger partial charge in [0.2, 0.25) is 0 Å². The molecular formula is C19H27NO3S. The van der Waals surface area contributed by atoms with Crippen molar-refractivity contribution in [2.24, 2.45) is 5.92 Å². The van der Waals surface area contributed by atoms with Crippen molar-refractivity contribution >= 4 is 23.6 Å². The van der Waals surface area contributed by atoms with E-state index in [0.29, 0.717) is 5.92 Å². The third kappa shape index (κ3) is 5.86. The van der Waals surface area contributed by atoms with Gasteiger partial charge in [0.25, 0.3) is 5.91 Å². The van der Waals surface area contributed by atoms with E-state index in [2.05, 4.69) is 18.3 Å². The van der Waals surface area contributed by atoms with Crippen LogP contribution in [0.25, 0.3) is 0 Å². The molecule has 24 heavy (non-hydrogen) atoms. The number of hydrogen-bond acceptors (Lipinski definition) is 4. The Bertz CT molecular complexity index is 588. The Morgan fingerprint density at radius 1 is 1.25 bits per heavy atom. The largest absolute Gasteiger partial charge is 0.455 e. The van der Waals surface area contributed by atoms with Gasteiger partial charge in [-0.15, -0.1) is 11.8 Å². The minimum Gasteiger partial charge on any atom is -0.455 e. The minimum atomic E-state index is -0.354. The number of aryl methyl sites for hydroxylation is 2. The lowest BCUT2D eigenvalue weighted by molar-refractivity contribution is -0.146. The number of amides is 1. The van der Waals surface area contributed by atoms with Crippen molar-refractivity contribution in [1.82, 2.24) is 5.32 Å². The molecule has 2 atom stereocenters. The highest BCUT2D eigenvalue weighted by molar-refractivity contribution is 8.00. The van der Waals surface area contributed by atoms with Crippen molar-refractivity contribution in [2.75, 3.05) is 12.4 Å². The lowest BCUT2D eigenvalue weighted by Crippen LogP contribution is -2.43. The number of hydrogen-bond donors (Lipinski definition) is 1. The van der Waals surface area contributed by atoms with E-state index < -0.39 is 0 Å². The number of thioether (sulfide) groups is 1. The molecule has 5 heteroatoms. The van der Waals surface area contributed by atoms with Gasteiger partial charge in [-0.25, -0.2) is 0 Å². The lowest BCUT2D eigenvalue weighted by atomic mass is 9.86. The summed E-state index contributed by atoms with van der Waals surface area (Å²) >= 11 is 1.45. The summed E-state index contributed by atoms with van der Waals surface area (Å²) in [5, 5.41) is 2.99. The molecule has 2 rings (SSSR count). The molecule has 0 bridgehead atoms. The maximum Gasteiger partial charge on any atom is 0.316 e. The van der Waals surface area contributed by atoms with Crippen LogP contribution in [0.1, 0.15) is 43.7 Å². The summed E-state index contributed by atoms with van der Waals surface area (Å²) in [6, 6.07) is 6.37. The van der Waals surface area contributed by atoms with Crippen molar-refractivity contribution in [1.29, 1.82) is 0 Å². The van der Waals surface area contributed by atoms with E-state index >= 15 is 0 Å². The van der Waals surface area contributed by atoms with E-state index in [1.165, 1.54) is 18.2 Å². The van der Waals surface area contributed by atoms with Crippen LogP contribution in [0, 0.1) is 19.8 Å². The molecule has 0 saturated heterocycles. The molecule has 1 aromatic rings. The monoisotopic (exact) mass is 349 g/mol. The molecule has 0 aromatic heterocycles. The summed E-state index contributed by atoms with van der Waals surface area (Å²) in [7, 11) is 0. The zero-order chi connectivity index (χ0) is 17.5. The smallest absolute Gasteiger partial charge is 0.316 e. The van der Waals surface area contributed by atoms with Gasteiger partial charge >= 0.3 is 5.97 Å². The fraction of sp³-hybridized carbons (Fsp3) is 0.579. The molecule has 4 nitrogen and oxygen atoms in total. The highest BCUT2D eigenvalue weighted by Crippen LogP contribution is 2.24. The Balaban J connectivity index is 1.70. The van der Waals surface area contributed by atoms with Gasteiger partial charge < -0.3 is 10.1 Å². The third-order valence-corrected chi connectivity index (χ3v) is 5.64. The van der Waals surface area contributed by atoms with Gasteiger partial charge in [-0.2, -0.15) is 0 Å². The standard InChI is InChI=1S/C19H27NO3S/c1-13-8-9-15(3)17(10-13)24-12-19(22)23-11-18(21)20-16-7-5-4-6-14(16)2/h8-10,14,16H,4-7,11-12H2,1-3H3,(H,20,21)/t14-,16+/m1/s1. The minimum absolute atomic E-state index is 0.185. The number of esters is 1. The van der Waals surface area contributed by atoms with Gasteiger partial charge in [0.05, 0.1) is 5.75 Å². The summed E-state index contributed by atoms with van der Waals surface area (Å²) in [4.78, 5) is 24.9. The molecule has 1 saturated carbocycles. The first-order chi connectivity index (χ1) is 11.5. The molecule has 1 aliphatic carbocycles. The van der Waals surface area contributed by atoms with Crippen LogP contribution in [0.3, 0.4) is 0 Å². The predicted octanol–water partition coefficient (Wildman–Crippen LogP) is 3.63. The van der Waals surface area contributed by atoms with Crippen molar-refractivity contribution in [3.63, 3.8) is 0 Å². The summed E-state index contributed by atoms with van der Waals surface area (Å²) in [5.74, 6) is 0.169. The van der Waals surface area contributed by atoms with Crippen molar-refractivity contribution < 1.29 is 14.3 Å². The first-order valence-electron chi connectivity index (χ1n) is 8.60. The summed E-state index contributed by atoms with van der Waals surface area (Å²) < 4.78 is 5.10. The van der Waals surface area contributed by atoms with Gasteiger partial charge in [-0.1, -0.05) is 37.5 Å². The average molecular weight is 349 g/mol. The first kappa shape index (κ1) is 18.8. The van der Waals surface area contributed by atoms with Crippen LogP contribution in [-0.2, 0) is 14.3 Å². The molecule has 1 fully saturated rings. The number of nitrogens with one attached hydrogen (secondary N) is 1. The second-order valence-corrected chi connectivity index (χ2v) is 7.67. The maximum atomic E-state index is 11.9. The summed E-state index contributed by atoms with van der Waals surface area (Å²) in [5.41, 5.74) is 2.31. The highest BCUT2D eigenvalue weighted by Gasteiger charge is 2.23. The van der Waals surface area contributed by atoms with Crippen molar-refractivity contribution in [2.45, 2.75) is 57.4 Å². The van der Waals surface area contributed by atoms with E-state index in [0.717, 1.165) is 35.3 Å². The second kappa shape index (κ2) is 9.11. The Morgan fingerprint density at radius 3 is 2.75 bits per heavy atom. The number of carbonyl (C=O) groups excluding carboxylic acids is 2. The molecule has 0 radical (unpaired) electrons. The molecule has 0 heterocycles. The second-order valence-electron chi connectivity index (χ2n) is 6.65. The fourth-order valence-electron chi connectivity index (χ4n) is 2.97. The molecule has 0 aliphatic heterocycles. The van der Waals surface area contributed by atoms with Gasteiger partial charge in [0.1, 0.15) is 0 Å². The van der Waals surface area contributed by atoms with Crippen molar-refractivity contribution in [3.8, 4) is 0 Å². The number of ether oxygens (including phenoxy) is 1. The van der Waals surface area contributed by atoms with Gasteiger partial charge in [-0.3, -0.25) is 9.59 Å². The molecule has 1 N–H and O–H groups in total. The Hall–Kier alpha value is -1.49. The van der Waals surface area contributed by atoms with E-state index in [9.17, 15) is 9.59 Å². The van der Waals surface area contributed by atoms with E-state index in [1.54, 1.807) is 0 Å². The van der Waals surface area contributed by atoms with E-state index in [1.807, 2.05) is 26.0 Å². The number of rotatable bonds is 6. The Kier molecular flexibility index (Phi) is 7.16. The van der Waals surface area contributed by atoms with Crippen LogP contribution < -0.4 is 5.32 Å². The lowest BCUT2D eigenvalue weighted by Gasteiger charge is -2.29. The first-order valence-corrected chi connectivity index (χ1v) is 9.59. The van der Waals surface area contributed by atoms with Crippen LogP contribution in [0.15, 0.2) is 23.1 Å². The van der Waals surface area contributed by atoms with Crippen molar-refractivity contribution in [3.05, 3.63) is 29.3 Å². The van der Waals surface area contributed by atoms with E-state index in [4.69, 9.17) is 4.74 Å². The van der Waals surface area contributed by atoms with Crippen LogP contribution >= 0.6 is 11.8 Å². The molecule has 1 amide bonds. The zero-order valence-corrected chi connectivity index (χ0v) is 15.6. The van der Waals surface area contributed by atoms with Gasteiger partial charge in [-0.05, 0) is 44.2 Å². The highest BCUT2D eigenvalue weighted by atomic mass is 32.2. The molecule has 1 aromatic carbocycles. The summed E-state index contributed by atoms with van der Waals surface area (Å²) in [6.07, 6.45) is 4.56. The van der Waals surface area contributed by atoms with Crippen LogP contribution in [0.5, 0.6) is 0 Å². The molecule has 0 unspecified atom stereocenters. The van der Waals surface area contributed by atoms with E-state index in [-0.39, 0.29) is 30.3 Å². The van der Waals surface area contributed by atoms with Crippen LogP contribution in [-0.4, -0.2) is 30.3 Å². The van der Waals surface area contributed by atoms with Gasteiger partial charge in [0.15, 0.2) is 6.61 Å². The quantitative estimate of drug-likeness (QED) is 0.629. The predicted molar refractivity (Wildman–Crippen MR) is 97.2 cm³/mol. The molecule has 1 aliphatic rings. The molecular weight excluding hydrogens is 322 g/mol. The molecule has 132 valence electrons. The fourth-order valence-corrected chi connectivity index (χ4v) is 3.89. The third-order valence-electron chi connectivity index (χ3n) is 4.51. The van der Waals surface area contributed by atoms with Gasteiger partial charge in [0, 0.05) is 10.9 Å². The zero-order valence-electron chi connectivity index (χ0n) is 14.8. The maximum absolute atomic E-state index is 11.9. The summed E-state index contributed by atoms with van der Waals surface area (Å²) in [6.45, 7) is 6.02.